The third-order valence-corrected chi connectivity index (χ3v) is 5.66. The Morgan fingerprint density at radius 1 is 1.30 bits per heavy atom. The molecule has 1 aromatic rings. The van der Waals surface area contributed by atoms with Crippen LogP contribution in [0.25, 0.3) is 0 Å². The molecule has 6 heteroatoms. The Morgan fingerprint density at radius 2 is 2.09 bits per heavy atom. The minimum Gasteiger partial charge on any atom is -0.338 e. The molecule has 2 amide bonds. The lowest BCUT2D eigenvalue weighted by atomic mass is 9.67. The van der Waals surface area contributed by atoms with Crippen molar-refractivity contribution in [1.82, 2.24) is 25.4 Å². The number of urea groups is 1. The highest BCUT2D eigenvalue weighted by molar-refractivity contribution is 5.74. The van der Waals surface area contributed by atoms with Crippen LogP contribution >= 0.6 is 0 Å². The predicted molar refractivity (Wildman–Crippen MR) is 89.0 cm³/mol. The van der Waals surface area contributed by atoms with E-state index >= 15 is 0 Å². The van der Waals surface area contributed by atoms with Gasteiger partial charge < -0.3 is 15.2 Å². The van der Waals surface area contributed by atoms with Gasteiger partial charge in [0, 0.05) is 19.5 Å². The number of aromatic nitrogens is 3. The highest BCUT2D eigenvalue weighted by Crippen LogP contribution is 2.43. The van der Waals surface area contributed by atoms with Gasteiger partial charge in [0.2, 0.25) is 0 Å². The highest BCUT2D eigenvalue weighted by Gasteiger charge is 2.35. The molecule has 2 aliphatic rings. The molecule has 128 valence electrons. The van der Waals surface area contributed by atoms with E-state index in [1.807, 2.05) is 0 Å². The van der Waals surface area contributed by atoms with Crippen molar-refractivity contribution < 1.29 is 4.79 Å². The van der Waals surface area contributed by atoms with Crippen LogP contribution in [0.4, 0.5) is 4.79 Å². The molecule has 1 aromatic heterocycles. The van der Waals surface area contributed by atoms with Crippen LogP contribution in [0, 0.1) is 11.3 Å². The van der Waals surface area contributed by atoms with Gasteiger partial charge in [0.15, 0.2) is 5.82 Å². The summed E-state index contributed by atoms with van der Waals surface area (Å²) in [6, 6.07) is -0.174. The van der Waals surface area contributed by atoms with Crippen LogP contribution in [0.1, 0.15) is 70.6 Å². The lowest BCUT2D eigenvalue weighted by Crippen LogP contribution is -2.47. The molecule has 2 N–H and O–H groups in total. The molecule has 6 nitrogen and oxygen atoms in total. The van der Waals surface area contributed by atoms with E-state index in [1.54, 1.807) is 0 Å². The largest absolute Gasteiger partial charge is 0.338 e. The molecule has 3 rings (SSSR count). The number of carbonyl (C=O) groups is 1. The Labute approximate surface area is 138 Å². The lowest BCUT2D eigenvalue weighted by molar-refractivity contribution is 0.125. The second-order valence-electron chi connectivity index (χ2n) is 7.49. The maximum atomic E-state index is 12.4. The number of aryl methyl sites for hydroxylation is 1. The van der Waals surface area contributed by atoms with Crippen molar-refractivity contribution in [1.29, 1.82) is 0 Å². The van der Waals surface area contributed by atoms with Crippen LogP contribution in [-0.4, -0.2) is 27.3 Å². The summed E-state index contributed by atoms with van der Waals surface area (Å²) in [5.41, 5.74) is 0.334. The number of carbonyl (C=O) groups excluding carboxylic acids is 1. The van der Waals surface area contributed by atoms with Crippen LogP contribution in [0.3, 0.4) is 0 Å². The van der Waals surface area contributed by atoms with Gasteiger partial charge in [-0.3, -0.25) is 0 Å². The van der Waals surface area contributed by atoms with E-state index in [0.29, 0.717) is 5.41 Å². The van der Waals surface area contributed by atoms with Gasteiger partial charge in [-0.25, -0.2) is 4.79 Å². The summed E-state index contributed by atoms with van der Waals surface area (Å²) < 4.78 is 2.17. The van der Waals surface area contributed by atoms with E-state index in [4.69, 9.17) is 0 Å². The quantitative estimate of drug-likeness (QED) is 0.847. The van der Waals surface area contributed by atoms with E-state index in [2.05, 4.69) is 46.2 Å². The third-order valence-electron chi connectivity index (χ3n) is 5.66. The van der Waals surface area contributed by atoms with Gasteiger partial charge in [0.05, 0.1) is 6.04 Å². The average Bonchev–Trinajstić information content (AvgIpc) is 3.07. The van der Waals surface area contributed by atoms with E-state index in [1.165, 1.54) is 19.3 Å². The van der Waals surface area contributed by atoms with Crippen LogP contribution in [0.2, 0.25) is 0 Å². The number of hydrogen-bond donors (Lipinski definition) is 2. The summed E-state index contributed by atoms with van der Waals surface area (Å²) in [4.78, 5) is 12.4. The SMILES string of the molecule is CCC1(CNC(=O)N[C@H](c2nnc3n2CCC3)C(C)C)CCC1. The second kappa shape index (κ2) is 6.49. The summed E-state index contributed by atoms with van der Waals surface area (Å²) in [6.07, 6.45) is 7.00. The number of hydrogen-bond acceptors (Lipinski definition) is 3. The molecule has 2 heterocycles. The summed E-state index contributed by atoms with van der Waals surface area (Å²) in [7, 11) is 0. The van der Waals surface area contributed by atoms with Crippen molar-refractivity contribution in [3.8, 4) is 0 Å². The molecule has 0 unspecified atom stereocenters. The fourth-order valence-corrected chi connectivity index (χ4v) is 3.72. The predicted octanol–water partition coefficient (Wildman–Crippen LogP) is 2.80. The zero-order valence-corrected chi connectivity index (χ0v) is 14.6. The molecule has 0 spiro atoms. The molecule has 1 fully saturated rings. The van der Waals surface area contributed by atoms with Crippen LogP contribution in [-0.2, 0) is 13.0 Å². The van der Waals surface area contributed by atoms with Gasteiger partial charge in [-0.15, -0.1) is 10.2 Å². The average molecular weight is 319 g/mol. The minimum atomic E-state index is -0.0895. The Balaban J connectivity index is 1.62. The van der Waals surface area contributed by atoms with Crippen molar-refractivity contribution in [2.24, 2.45) is 11.3 Å². The van der Waals surface area contributed by atoms with Crippen LogP contribution in [0.5, 0.6) is 0 Å². The maximum absolute atomic E-state index is 12.4. The van der Waals surface area contributed by atoms with Gasteiger partial charge in [-0.05, 0) is 37.0 Å². The third kappa shape index (κ3) is 3.21. The number of fused-ring (bicyclic) bond motifs is 1. The van der Waals surface area contributed by atoms with Crippen molar-refractivity contribution in [2.45, 2.75) is 71.9 Å². The van der Waals surface area contributed by atoms with E-state index in [0.717, 1.165) is 44.0 Å². The molecule has 0 saturated heterocycles. The van der Waals surface area contributed by atoms with Gasteiger partial charge in [0.1, 0.15) is 5.82 Å². The normalized spacial score (nSPS) is 20.0. The molecule has 1 aliphatic heterocycles. The first-order chi connectivity index (χ1) is 11.0. The first-order valence-electron chi connectivity index (χ1n) is 9.01. The molecule has 0 aromatic carbocycles. The number of nitrogens with zero attached hydrogens (tertiary/aromatic N) is 3. The zero-order valence-electron chi connectivity index (χ0n) is 14.6. The highest BCUT2D eigenvalue weighted by atomic mass is 16.2. The second-order valence-corrected chi connectivity index (χ2v) is 7.49. The standard InChI is InChI=1S/C17H29N5O/c1-4-17(8-6-9-17)11-18-16(23)19-14(12(2)3)15-21-20-13-7-5-10-22(13)15/h12,14H,4-11H2,1-3H3,(H2,18,19,23)/t14-/m0/s1. The summed E-state index contributed by atoms with van der Waals surface area (Å²) in [5.74, 6) is 2.22. The van der Waals surface area contributed by atoms with Crippen LogP contribution < -0.4 is 10.6 Å². The maximum Gasteiger partial charge on any atom is 0.315 e. The first kappa shape index (κ1) is 16.3. The fraction of sp³-hybridized carbons (Fsp3) is 0.824. The number of amides is 2. The summed E-state index contributed by atoms with van der Waals surface area (Å²) in [6.45, 7) is 8.18. The minimum absolute atomic E-state index is 0.0845. The summed E-state index contributed by atoms with van der Waals surface area (Å²) >= 11 is 0. The number of nitrogens with one attached hydrogen (secondary N) is 2. The fourth-order valence-electron chi connectivity index (χ4n) is 3.72. The van der Waals surface area contributed by atoms with Gasteiger partial charge in [-0.2, -0.15) is 0 Å². The van der Waals surface area contributed by atoms with Crippen molar-refractivity contribution >= 4 is 6.03 Å². The smallest absolute Gasteiger partial charge is 0.315 e. The number of rotatable bonds is 6. The molecule has 1 aliphatic carbocycles. The summed E-state index contributed by atoms with van der Waals surface area (Å²) in [5, 5.41) is 14.8. The van der Waals surface area contributed by atoms with Gasteiger partial charge >= 0.3 is 6.03 Å². The Hall–Kier alpha value is -1.59. The monoisotopic (exact) mass is 319 g/mol. The zero-order chi connectivity index (χ0) is 16.4. The van der Waals surface area contributed by atoms with E-state index in [-0.39, 0.29) is 18.0 Å². The topological polar surface area (TPSA) is 71.8 Å². The van der Waals surface area contributed by atoms with E-state index < -0.39 is 0 Å². The van der Waals surface area contributed by atoms with E-state index in [9.17, 15) is 4.79 Å². The molecule has 1 saturated carbocycles. The van der Waals surface area contributed by atoms with Gasteiger partial charge in [-0.1, -0.05) is 27.2 Å². The van der Waals surface area contributed by atoms with Gasteiger partial charge in [0.25, 0.3) is 0 Å². The Kier molecular flexibility index (Phi) is 4.60. The molecule has 23 heavy (non-hydrogen) atoms. The van der Waals surface area contributed by atoms with Crippen molar-refractivity contribution in [2.75, 3.05) is 6.54 Å². The molecule has 0 bridgehead atoms. The molecular formula is C17H29N5O. The molecule has 0 radical (unpaired) electrons. The Bertz CT molecular complexity index is 556. The van der Waals surface area contributed by atoms with Crippen molar-refractivity contribution in [3.05, 3.63) is 11.6 Å². The lowest BCUT2D eigenvalue weighted by Gasteiger charge is -2.41. The van der Waals surface area contributed by atoms with Crippen LogP contribution in [0.15, 0.2) is 0 Å². The molecule has 1 atom stereocenters. The Morgan fingerprint density at radius 3 is 2.70 bits per heavy atom. The van der Waals surface area contributed by atoms with Crippen molar-refractivity contribution in [3.63, 3.8) is 0 Å². The first-order valence-corrected chi connectivity index (χ1v) is 9.01. The molecular weight excluding hydrogens is 290 g/mol.